The van der Waals surface area contributed by atoms with Crippen molar-refractivity contribution < 1.29 is 15.0 Å². The maximum absolute atomic E-state index is 10.5. The fourth-order valence-electron chi connectivity index (χ4n) is 0.921. The van der Waals surface area contributed by atoms with Crippen molar-refractivity contribution >= 4 is 11.7 Å². The van der Waals surface area contributed by atoms with Crippen LogP contribution in [0.4, 0.5) is 5.69 Å². The van der Waals surface area contributed by atoms with Crippen LogP contribution in [0.3, 0.4) is 0 Å². The van der Waals surface area contributed by atoms with Crippen LogP contribution in [0.25, 0.3) is 0 Å². The van der Waals surface area contributed by atoms with Gasteiger partial charge in [-0.15, -0.1) is 0 Å². The first-order chi connectivity index (χ1) is 6.24. The van der Waals surface area contributed by atoms with Crippen LogP contribution in [-0.2, 0) is 4.79 Å². The third-order valence-electron chi connectivity index (χ3n) is 1.60. The first-order valence-electron chi connectivity index (χ1n) is 3.89. The highest BCUT2D eigenvalue weighted by molar-refractivity contribution is 5.77. The molecule has 0 radical (unpaired) electrons. The zero-order valence-corrected chi connectivity index (χ0v) is 6.97. The number of aliphatic carboxylic acids is 1. The summed E-state index contributed by atoms with van der Waals surface area (Å²) in [4.78, 5) is 10.5. The van der Waals surface area contributed by atoms with Gasteiger partial charge in [0.1, 0.15) is 6.04 Å². The molecule has 0 aliphatic carbocycles. The van der Waals surface area contributed by atoms with Gasteiger partial charge in [0.15, 0.2) is 0 Å². The van der Waals surface area contributed by atoms with Crippen LogP contribution in [0.1, 0.15) is 7.43 Å². The fraction of sp³-hybridized carbons (Fsp3) is 0.300. The normalized spacial score (nSPS) is 11.2. The predicted octanol–water partition coefficient (Wildman–Crippen LogP) is 1.18. The average molecular weight is 197 g/mol. The molecule has 14 heavy (non-hydrogen) atoms. The second kappa shape index (κ2) is 5.99. The topological polar surface area (TPSA) is 69.6 Å². The van der Waals surface area contributed by atoms with Crippen molar-refractivity contribution in [1.29, 1.82) is 0 Å². The minimum atomic E-state index is -1.06. The highest BCUT2D eigenvalue weighted by Crippen LogP contribution is 2.06. The lowest BCUT2D eigenvalue weighted by atomic mass is 10.2. The van der Waals surface area contributed by atoms with Crippen molar-refractivity contribution in [1.82, 2.24) is 0 Å². The molecule has 0 saturated heterocycles. The van der Waals surface area contributed by atoms with Gasteiger partial charge in [0.2, 0.25) is 0 Å². The number of anilines is 1. The van der Waals surface area contributed by atoms with Gasteiger partial charge in [-0.1, -0.05) is 25.6 Å². The summed E-state index contributed by atoms with van der Waals surface area (Å²) in [6.45, 7) is -0.426. The largest absolute Gasteiger partial charge is 0.480 e. The van der Waals surface area contributed by atoms with E-state index < -0.39 is 18.6 Å². The van der Waals surface area contributed by atoms with Crippen LogP contribution in [0.2, 0.25) is 0 Å². The van der Waals surface area contributed by atoms with E-state index in [-0.39, 0.29) is 7.43 Å². The maximum Gasteiger partial charge on any atom is 0.328 e. The Morgan fingerprint density at radius 2 is 1.93 bits per heavy atom. The summed E-state index contributed by atoms with van der Waals surface area (Å²) in [5.74, 6) is -1.06. The number of benzene rings is 1. The molecule has 1 rings (SSSR count). The molecule has 3 N–H and O–H groups in total. The Bertz CT molecular complexity index is 274. The van der Waals surface area contributed by atoms with Gasteiger partial charge in [-0.25, -0.2) is 4.79 Å². The van der Waals surface area contributed by atoms with Crippen molar-refractivity contribution in [3.8, 4) is 0 Å². The predicted molar refractivity (Wildman–Crippen MR) is 55.3 cm³/mol. The van der Waals surface area contributed by atoms with Gasteiger partial charge in [-0.2, -0.15) is 0 Å². The molecule has 0 fully saturated rings. The summed E-state index contributed by atoms with van der Waals surface area (Å²) in [5.41, 5.74) is 0.684. The van der Waals surface area contributed by atoms with E-state index in [2.05, 4.69) is 5.32 Å². The smallest absolute Gasteiger partial charge is 0.328 e. The number of rotatable bonds is 4. The summed E-state index contributed by atoms with van der Waals surface area (Å²) in [7, 11) is 0. The van der Waals surface area contributed by atoms with Gasteiger partial charge in [0.25, 0.3) is 0 Å². The molecule has 4 heteroatoms. The van der Waals surface area contributed by atoms with E-state index in [1.54, 1.807) is 24.3 Å². The zero-order chi connectivity index (χ0) is 9.68. The van der Waals surface area contributed by atoms with Crippen molar-refractivity contribution in [2.45, 2.75) is 13.5 Å². The fourth-order valence-corrected chi connectivity index (χ4v) is 0.921. The lowest BCUT2D eigenvalue weighted by molar-refractivity contribution is -0.138. The maximum atomic E-state index is 10.5. The van der Waals surface area contributed by atoms with Crippen LogP contribution in [-0.4, -0.2) is 28.8 Å². The number of nitrogens with one attached hydrogen (secondary N) is 1. The number of para-hydroxylation sites is 1. The monoisotopic (exact) mass is 197 g/mol. The van der Waals surface area contributed by atoms with E-state index in [9.17, 15) is 4.79 Å². The van der Waals surface area contributed by atoms with Crippen LogP contribution in [0.5, 0.6) is 0 Å². The van der Waals surface area contributed by atoms with Crippen molar-refractivity contribution in [3.63, 3.8) is 0 Å². The first-order valence-corrected chi connectivity index (χ1v) is 3.89. The van der Waals surface area contributed by atoms with Crippen LogP contribution >= 0.6 is 0 Å². The summed E-state index contributed by atoms with van der Waals surface area (Å²) in [6, 6.07) is 7.95. The van der Waals surface area contributed by atoms with E-state index in [1.165, 1.54) is 0 Å². The first kappa shape index (κ1) is 12.4. The number of aliphatic hydroxyl groups excluding tert-OH is 1. The minimum absolute atomic E-state index is 0. The Morgan fingerprint density at radius 1 is 1.36 bits per heavy atom. The van der Waals surface area contributed by atoms with Crippen LogP contribution < -0.4 is 5.32 Å². The number of carboxylic acids is 1. The molecule has 0 aromatic heterocycles. The molecular weight excluding hydrogens is 182 g/mol. The second-order valence-electron chi connectivity index (χ2n) is 2.58. The number of aliphatic hydroxyl groups is 1. The molecule has 0 bridgehead atoms. The Morgan fingerprint density at radius 3 is 2.36 bits per heavy atom. The van der Waals surface area contributed by atoms with Gasteiger partial charge in [0.05, 0.1) is 6.61 Å². The zero-order valence-electron chi connectivity index (χ0n) is 6.97. The third kappa shape index (κ3) is 3.45. The molecule has 4 nitrogen and oxygen atoms in total. The quantitative estimate of drug-likeness (QED) is 0.678. The Hall–Kier alpha value is -1.55. The van der Waals surface area contributed by atoms with E-state index in [4.69, 9.17) is 10.2 Å². The lowest BCUT2D eigenvalue weighted by Crippen LogP contribution is -2.32. The highest BCUT2D eigenvalue weighted by Gasteiger charge is 2.14. The molecule has 0 amide bonds. The highest BCUT2D eigenvalue weighted by atomic mass is 16.4. The Labute approximate surface area is 83.2 Å². The molecular formula is C10H15NO3. The number of carbonyl (C=O) groups is 1. The third-order valence-corrected chi connectivity index (χ3v) is 1.60. The molecule has 0 aliphatic rings. The van der Waals surface area contributed by atoms with E-state index >= 15 is 0 Å². The molecule has 1 aromatic carbocycles. The Balaban J connectivity index is 0.00000169. The molecule has 0 heterocycles. The SMILES string of the molecule is C.O=C(O)C(CO)Nc1ccccc1. The summed E-state index contributed by atoms with van der Waals surface area (Å²) in [6.07, 6.45) is 0. The average Bonchev–Trinajstić information content (AvgIpc) is 2.15. The van der Waals surface area contributed by atoms with Gasteiger partial charge in [-0.3, -0.25) is 0 Å². The van der Waals surface area contributed by atoms with Crippen molar-refractivity contribution in [3.05, 3.63) is 30.3 Å². The minimum Gasteiger partial charge on any atom is -0.480 e. The number of hydrogen-bond acceptors (Lipinski definition) is 3. The lowest BCUT2D eigenvalue weighted by Gasteiger charge is -2.12. The van der Waals surface area contributed by atoms with Crippen molar-refractivity contribution in [2.75, 3.05) is 11.9 Å². The van der Waals surface area contributed by atoms with Gasteiger partial charge < -0.3 is 15.5 Å². The van der Waals surface area contributed by atoms with E-state index in [0.29, 0.717) is 5.69 Å². The van der Waals surface area contributed by atoms with E-state index in [1.807, 2.05) is 6.07 Å². The molecule has 1 unspecified atom stereocenters. The molecule has 0 spiro atoms. The standard InChI is InChI=1S/C9H11NO3.CH4/c11-6-8(9(12)13)10-7-4-2-1-3-5-7;/h1-5,8,10-11H,6H2,(H,12,13);1H4. The van der Waals surface area contributed by atoms with Crippen LogP contribution in [0, 0.1) is 0 Å². The van der Waals surface area contributed by atoms with Gasteiger partial charge >= 0.3 is 5.97 Å². The molecule has 0 saturated carbocycles. The van der Waals surface area contributed by atoms with Crippen LogP contribution in [0.15, 0.2) is 30.3 Å². The molecule has 1 aromatic rings. The summed E-state index contributed by atoms with van der Waals surface area (Å²) < 4.78 is 0. The number of hydrogen-bond donors (Lipinski definition) is 3. The van der Waals surface area contributed by atoms with Gasteiger partial charge in [0, 0.05) is 5.69 Å². The van der Waals surface area contributed by atoms with Crippen molar-refractivity contribution in [2.24, 2.45) is 0 Å². The van der Waals surface area contributed by atoms with Gasteiger partial charge in [-0.05, 0) is 12.1 Å². The molecule has 78 valence electrons. The summed E-state index contributed by atoms with van der Waals surface area (Å²) >= 11 is 0. The second-order valence-corrected chi connectivity index (χ2v) is 2.58. The molecule has 1 atom stereocenters. The summed E-state index contributed by atoms with van der Waals surface area (Å²) in [5, 5.41) is 20.0. The Kier molecular flexibility index (Phi) is 5.33. The van der Waals surface area contributed by atoms with E-state index in [0.717, 1.165) is 0 Å². The number of carboxylic acid groups (broad SMARTS) is 1. The molecule has 0 aliphatic heterocycles.